The number of hydrogen-bond acceptors (Lipinski definition) is 5. The van der Waals surface area contributed by atoms with E-state index in [9.17, 15) is 18.0 Å². The van der Waals surface area contributed by atoms with Crippen molar-refractivity contribution in [1.29, 1.82) is 0 Å². The first kappa shape index (κ1) is 12.9. The number of nitrogens with one attached hydrogen (secondary N) is 1. The molecule has 0 aromatic rings. The Hall–Kier alpha value is -1.15. The number of carboxylic acid groups (broad SMARTS) is 1. The minimum absolute atomic E-state index is 0.0203. The molecule has 1 fully saturated rings. The summed E-state index contributed by atoms with van der Waals surface area (Å²) in [5.41, 5.74) is 0. The summed E-state index contributed by atoms with van der Waals surface area (Å²) in [7, 11) is -3.61. The number of aliphatic carboxylic acids is 1. The minimum Gasteiger partial charge on any atom is -0.481 e. The standard InChI is InChI=1S/C8H13NO6S/c10-7(11)2-1-5-16(13,14)9-6-3-4-15-8(6)12/h6,9H,1-5H2,(H,10,11). The van der Waals surface area contributed by atoms with Gasteiger partial charge >= 0.3 is 11.9 Å². The maximum absolute atomic E-state index is 11.4. The van der Waals surface area contributed by atoms with Gasteiger partial charge in [-0.1, -0.05) is 0 Å². The van der Waals surface area contributed by atoms with Crippen LogP contribution in [0.5, 0.6) is 0 Å². The number of hydrogen-bond donors (Lipinski definition) is 2. The molecule has 16 heavy (non-hydrogen) atoms. The summed E-state index contributed by atoms with van der Waals surface area (Å²) < 4.78 is 29.6. The van der Waals surface area contributed by atoms with Crippen molar-refractivity contribution in [2.24, 2.45) is 0 Å². The molecule has 7 nitrogen and oxygen atoms in total. The Morgan fingerprint density at radius 2 is 2.25 bits per heavy atom. The summed E-state index contributed by atoms with van der Waals surface area (Å²) in [5, 5.41) is 8.35. The van der Waals surface area contributed by atoms with E-state index in [1.807, 2.05) is 0 Å². The van der Waals surface area contributed by atoms with Gasteiger partial charge in [-0.3, -0.25) is 9.59 Å². The molecule has 0 saturated carbocycles. The van der Waals surface area contributed by atoms with E-state index in [1.54, 1.807) is 0 Å². The number of carbonyl (C=O) groups is 2. The van der Waals surface area contributed by atoms with Crippen LogP contribution >= 0.6 is 0 Å². The Morgan fingerprint density at radius 3 is 2.75 bits per heavy atom. The van der Waals surface area contributed by atoms with E-state index in [-0.39, 0.29) is 25.2 Å². The third-order valence-electron chi connectivity index (χ3n) is 2.06. The Kier molecular flexibility index (Phi) is 4.25. The largest absolute Gasteiger partial charge is 0.481 e. The van der Waals surface area contributed by atoms with Crippen LogP contribution in [-0.2, 0) is 24.3 Å². The maximum atomic E-state index is 11.4. The average molecular weight is 251 g/mol. The van der Waals surface area contributed by atoms with Gasteiger partial charge in [0.1, 0.15) is 6.04 Å². The van der Waals surface area contributed by atoms with Crippen LogP contribution in [0.15, 0.2) is 0 Å². The van der Waals surface area contributed by atoms with E-state index in [2.05, 4.69) is 9.46 Å². The Balaban J connectivity index is 2.39. The minimum atomic E-state index is -3.61. The van der Waals surface area contributed by atoms with Gasteiger partial charge in [-0.15, -0.1) is 0 Å². The van der Waals surface area contributed by atoms with Crippen molar-refractivity contribution >= 4 is 22.0 Å². The summed E-state index contributed by atoms with van der Waals surface area (Å²) in [5.74, 6) is -1.93. The molecule has 0 spiro atoms. The van der Waals surface area contributed by atoms with E-state index in [0.29, 0.717) is 6.42 Å². The van der Waals surface area contributed by atoms with E-state index in [4.69, 9.17) is 5.11 Å². The van der Waals surface area contributed by atoms with Crippen LogP contribution in [0, 0.1) is 0 Å². The van der Waals surface area contributed by atoms with Crippen LogP contribution in [0.4, 0.5) is 0 Å². The summed E-state index contributed by atoms with van der Waals surface area (Å²) in [6.07, 6.45) is 0.124. The van der Waals surface area contributed by atoms with Crippen LogP contribution in [0.2, 0.25) is 0 Å². The molecule has 1 aliphatic heterocycles. The van der Waals surface area contributed by atoms with E-state index < -0.39 is 28.0 Å². The van der Waals surface area contributed by atoms with Gasteiger partial charge in [0, 0.05) is 12.8 Å². The smallest absolute Gasteiger partial charge is 0.324 e. The van der Waals surface area contributed by atoms with Gasteiger partial charge in [-0.25, -0.2) is 13.1 Å². The summed E-state index contributed by atoms with van der Waals surface area (Å²) >= 11 is 0. The van der Waals surface area contributed by atoms with Crippen molar-refractivity contribution in [1.82, 2.24) is 4.72 Å². The lowest BCUT2D eigenvalue weighted by Gasteiger charge is -2.08. The first-order chi connectivity index (χ1) is 7.41. The van der Waals surface area contributed by atoms with Gasteiger partial charge in [-0.05, 0) is 6.42 Å². The lowest BCUT2D eigenvalue weighted by molar-refractivity contribution is -0.139. The Morgan fingerprint density at radius 1 is 1.56 bits per heavy atom. The van der Waals surface area contributed by atoms with Gasteiger partial charge in [0.05, 0.1) is 12.4 Å². The molecular weight excluding hydrogens is 238 g/mol. The monoisotopic (exact) mass is 251 g/mol. The second-order valence-corrected chi connectivity index (χ2v) is 5.32. The lowest BCUT2D eigenvalue weighted by Crippen LogP contribution is -2.39. The first-order valence-corrected chi connectivity index (χ1v) is 6.44. The predicted molar refractivity (Wildman–Crippen MR) is 53.2 cm³/mol. The first-order valence-electron chi connectivity index (χ1n) is 4.79. The summed E-state index contributed by atoms with van der Waals surface area (Å²) in [4.78, 5) is 21.2. The molecule has 1 saturated heterocycles. The van der Waals surface area contributed by atoms with Gasteiger partial charge < -0.3 is 9.84 Å². The van der Waals surface area contributed by atoms with Crippen LogP contribution in [0.1, 0.15) is 19.3 Å². The second kappa shape index (κ2) is 5.26. The number of carboxylic acids is 1. The molecule has 8 heteroatoms. The van der Waals surface area contributed by atoms with Crippen molar-refractivity contribution in [3.05, 3.63) is 0 Å². The SMILES string of the molecule is O=C(O)CCCS(=O)(=O)NC1CCOC1=O. The number of sulfonamides is 1. The molecule has 0 bridgehead atoms. The molecule has 0 aromatic heterocycles. The molecule has 1 atom stereocenters. The molecule has 0 radical (unpaired) electrons. The molecule has 2 N–H and O–H groups in total. The third kappa shape index (κ3) is 4.15. The Labute approximate surface area is 92.8 Å². The molecular formula is C8H13NO6S. The molecule has 1 rings (SSSR count). The fourth-order valence-corrected chi connectivity index (χ4v) is 2.58. The number of cyclic esters (lactones) is 1. The molecule has 0 aliphatic carbocycles. The molecule has 1 aliphatic rings. The average Bonchev–Trinajstić information content (AvgIpc) is 2.50. The van der Waals surface area contributed by atoms with Crippen molar-refractivity contribution < 1.29 is 27.9 Å². The van der Waals surface area contributed by atoms with Crippen molar-refractivity contribution in [2.45, 2.75) is 25.3 Å². The number of ether oxygens (including phenoxy) is 1. The van der Waals surface area contributed by atoms with Gasteiger partial charge in [0.15, 0.2) is 0 Å². The highest BCUT2D eigenvalue weighted by Gasteiger charge is 2.30. The fourth-order valence-electron chi connectivity index (χ4n) is 1.29. The Bertz CT molecular complexity index is 376. The molecule has 1 unspecified atom stereocenters. The van der Waals surface area contributed by atoms with Gasteiger partial charge in [-0.2, -0.15) is 0 Å². The van der Waals surface area contributed by atoms with Crippen LogP contribution < -0.4 is 4.72 Å². The van der Waals surface area contributed by atoms with Crippen molar-refractivity contribution in [3.8, 4) is 0 Å². The van der Waals surface area contributed by atoms with Gasteiger partial charge in [0.2, 0.25) is 10.0 Å². The zero-order chi connectivity index (χ0) is 12.2. The number of esters is 1. The molecule has 0 aromatic carbocycles. The zero-order valence-electron chi connectivity index (χ0n) is 8.51. The third-order valence-corrected chi connectivity index (χ3v) is 3.53. The summed E-state index contributed by atoms with van der Waals surface area (Å²) in [6.45, 7) is 0.209. The maximum Gasteiger partial charge on any atom is 0.324 e. The predicted octanol–water partition coefficient (Wildman–Crippen LogP) is -0.914. The lowest BCUT2D eigenvalue weighted by atomic mass is 10.3. The highest BCUT2D eigenvalue weighted by atomic mass is 32.2. The summed E-state index contributed by atoms with van der Waals surface area (Å²) in [6, 6.07) is -0.824. The molecule has 1 heterocycles. The topological polar surface area (TPSA) is 110 Å². The van der Waals surface area contributed by atoms with Crippen molar-refractivity contribution in [3.63, 3.8) is 0 Å². The van der Waals surface area contributed by atoms with Crippen LogP contribution in [-0.4, -0.2) is 43.9 Å². The number of rotatable bonds is 6. The zero-order valence-corrected chi connectivity index (χ0v) is 9.33. The van der Waals surface area contributed by atoms with E-state index in [0.717, 1.165) is 0 Å². The quantitative estimate of drug-likeness (QED) is 0.591. The van der Waals surface area contributed by atoms with Gasteiger partial charge in [0.25, 0.3) is 0 Å². The van der Waals surface area contributed by atoms with Crippen molar-refractivity contribution in [2.75, 3.05) is 12.4 Å². The highest BCUT2D eigenvalue weighted by molar-refractivity contribution is 7.89. The highest BCUT2D eigenvalue weighted by Crippen LogP contribution is 2.07. The molecule has 92 valence electrons. The van der Waals surface area contributed by atoms with E-state index in [1.165, 1.54) is 0 Å². The normalized spacial score (nSPS) is 20.8. The second-order valence-electron chi connectivity index (χ2n) is 3.44. The van der Waals surface area contributed by atoms with Crippen LogP contribution in [0.3, 0.4) is 0 Å². The van der Waals surface area contributed by atoms with Crippen LogP contribution in [0.25, 0.3) is 0 Å². The van der Waals surface area contributed by atoms with E-state index >= 15 is 0 Å². The molecule has 0 amide bonds. The fraction of sp³-hybridized carbons (Fsp3) is 0.750. The number of carbonyl (C=O) groups excluding carboxylic acids is 1.